The third kappa shape index (κ3) is 6.26. The smallest absolute Gasteiger partial charge is 0.433 e. The van der Waals surface area contributed by atoms with Gasteiger partial charge < -0.3 is 9.15 Å². The van der Waals surface area contributed by atoms with E-state index in [9.17, 15) is 22.8 Å². The van der Waals surface area contributed by atoms with Crippen molar-refractivity contribution < 1.29 is 27.1 Å². The van der Waals surface area contributed by atoms with Gasteiger partial charge in [-0.3, -0.25) is 9.36 Å². The number of thiazole rings is 1. The van der Waals surface area contributed by atoms with Gasteiger partial charge in [0.05, 0.1) is 34.1 Å². The Kier molecular flexibility index (Phi) is 8.30. The first kappa shape index (κ1) is 30.3. The number of nitrogens with zero attached hydrogens (tertiary/aromatic N) is 4. The summed E-state index contributed by atoms with van der Waals surface area (Å²) in [6.07, 6.45) is -3.14. The van der Waals surface area contributed by atoms with Crippen LogP contribution in [0.15, 0.2) is 115 Å². The molecule has 0 spiro atoms. The topological polar surface area (TPSA) is 99.6 Å². The lowest BCUT2D eigenvalue weighted by Crippen LogP contribution is -2.39. The summed E-state index contributed by atoms with van der Waals surface area (Å²) in [5.41, 5.74) is 0.614. The lowest BCUT2D eigenvalue weighted by atomic mass is 9.96. The number of carbonyl (C=O) groups is 1. The van der Waals surface area contributed by atoms with Crippen LogP contribution >= 0.6 is 23.1 Å². The molecule has 0 aliphatic carbocycles. The van der Waals surface area contributed by atoms with Crippen LogP contribution in [0.3, 0.4) is 0 Å². The predicted molar refractivity (Wildman–Crippen MR) is 162 cm³/mol. The number of hydrogen-bond donors (Lipinski definition) is 0. The van der Waals surface area contributed by atoms with E-state index in [1.54, 1.807) is 56.3 Å². The maximum Gasteiger partial charge on any atom is 0.433 e. The van der Waals surface area contributed by atoms with Crippen LogP contribution in [0.4, 0.5) is 13.2 Å². The summed E-state index contributed by atoms with van der Waals surface area (Å²) < 4.78 is 53.9. The van der Waals surface area contributed by atoms with Gasteiger partial charge in [0.1, 0.15) is 11.5 Å². The number of aromatic nitrogens is 3. The summed E-state index contributed by atoms with van der Waals surface area (Å²) in [6.45, 7) is 3.58. The highest BCUT2D eigenvalue weighted by molar-refractivity contribution is 7.99. The average molecular weight is 649 g/mol. The van der Waals surface area contributed by atoms with E-state index in [2.05, 4.69) is 15.0 Å². The molecule has 1 atom stereocenters. The number of hydrogen-bond acceptors (Lipinski definition) is 9. The van der Waals surface area contributed by atoms with Crippen molar-refractivity contribution in [3.05, 3.63) is 127 Å². The first-order chi connectivity index (χ1) is 21.6. The van der Waals surface area contributed by atoms with Crippen LogP contribution in [0.25, 0.3) is 17.3 Å². The van der Waals surface area contributed by atoms with Gasteiger partial charge in [0, 0.05) is 11.6 Å². The molecule has 1 aliphatic heterocycles. The molecule has 228 valence electrons. The summed E-state index contributed by atoms with van der Waals surface area (Å²) in [7, 11) is 0. The molecule has 8 nitrogen and oxygen atoms in total. The Morgan fingerprint density at radius 2 is 1.78 bits per heavy atom. The number of carbonyl (C=O) groups excluding carboxylic acids is 1. The van der Waals surface area contributed by atoms with E-state index in [0.717, 1.165) is 34.7 Å². The largest absolute Gasteiger partial charge is 0.463 e. The van der Waals surface area contributed by atoms with E-state index in [1.165, 1.54) is 10.6 Å². The zero-order valence-corrected chi connectivity index (χ0v) is 25.4. The molecule has 0 N–H and O–H groups in total. The summed E-state index contributed by atoms with van der Waals surface area (Å²) in [5, 5.41) is 0.0868. The van der Waals surface area contributed by atoms with E-state index in [-0.39, 0.29) is 39.4 Å². The molecule has 5 aromatic rings. The van der Waals surface area contributed by atoms with E-state index >= 15 is 0 Å². The SMILES string of the molecule is CCOC(=O)C1=C(C)N=c2s/c(=C/c3ccc(Sc4nc(-c5ccccc5)cc(C(F)(F)F)n4)o3)c(=O)n2[C@@H]1c1ccccc1. The van der Waals surface area contributed by atoms with Crippen LogP contribution in [0, 0.1) is 0 Å². The first-order valence-corrected chi connectivity index (χ1v) is 15.3. The molecule has 0 saturated carbocycles. The number of esters is 1. The van der Waals surface area contributed by atoms with Crippen molar-refractivity contribution in [3.63, 3.8) is 0 Å². The number of furan rings is 1. The fourth-order valence-electron chi connectivity index (χ4n) is 4.80. The Morgan fingerprint density at radius 3 is 2.47 bits per heavy atom. The molecule has 0 amide bonds. The van der Waals surface area contributed by atoms with Gasteiger partial charge in [0.15, 0.2) is 15.1 Å². The predicted octanol–water partition coefficient (Wildman–Crippen LogP) is 6.02. The van der Waals surface area contributed by atoms with Gasteiger partial charge in [-0.15, -0.1) is 0 Å². The van der Waals surface area contributed by atoms with Gasteiger partial charge in [-0.25, -0.2) is 19.8 Å². The summed E-state index contributed by atoms with van der Waals surface area (Å²) >= 11 is 1.96. The van der Waals surface area contributed by atoms with Crippen molar-refractivity contribution in [2.45, 2.75) is 36.3 Å². The second-order valence-corrected chi connectivity index (χ2v) is 11.7. The molecule has 1 aliphatic rings. The number of fused-ring (bicyclic) bond motifs is 1. The summed E-state index contributed by atoms with van der Waals surface area (Å²) in [5.74, 6) is -0.266. The molecule has 6 rings (SSSR count). The second kappa shape index (κ2) is 12.3. The zero-order valence-electron chi connectivity index (χ0n) is 23.7. The van der Waals surface area contributed by atoms with Crippen LogP contribution < -0.4 is 14.9 Å². The van der Waals surface area contributed by atoms with E-state index in [0.29, 0.717) is 20.6 Å². The minimum Gasteiger partial charge on any atom is -0.463 e. The van der Waals surface area contributed by atoms with Gasteiger partial charge in [-0.2, -0.15) is 13.2 Å². The van der Waals surface area contributed by atoms with Crippen molar-refractivity contribution in [2.24, 2.45) is 4.99 Å². The van der Waals surface area contributed by atoms with Gasteiger partial charge in [0.2, 0.25) is 0 Å². The molecule has 0 bridgehead atoms. The molecule has 0 radical (unpaired) electrons. The lowest BCUT2D eigenvalue weighted by Gasteiger charge is -2.24. The molecule has 0 unspecified atom stereocenters. The van der Waals surface area contributed by atoms with Crippen LogP contribution in [-0.2, 0) is 15.7 Å². The fourth-order valence-corrected chi connectivity index (χ4v) is 6.57. The third-order valence-electron chi connectivity index (χ3n) is 6.77. The molecule has 4 heterocycles. The summed E-state index contributed by atoms with van der Waals surface area (Å²) in [6, 6.07) is 21.0. The molecule has 3 aromatic heterocycles. The number of halogens is 3. The van der Waals surface area contributed by atoms with Gasteiger partial charge >= 0.3 is 12.1 Å². The first-order valence-electron chi connectivity index (χ1n) is 13.7. The Hall–Kier alpha value is -4.75. The van der Waals surface area contributed by atoms with Crippen molar-refractivity contribution in [1.82, 2.24) is 14.5 Å². The Balaban J connectivity index is 1.36. The third-order valence-corrected chi connectivity index (χ3v) is 8.53. The molecule has 0 fully saturated rings. The minimum atomic E-state index is -4.67. The monoisotopic (exact) mass is 648 g/mol. The Morgan fingerprint density at radius 1 is 1.07 bits per heavy atom. The molecule has 45 heavy (non-hydrogen) atoms. The molecule has 2 aromatic carbocycles. The summed E-state index contributed by atoms with van der Waals surface area (Å²) in [4.78, 5) is 39.7. The number of benzene rings is 2. The van der Waals surface area contributed by atoms with Gasteiger partial charge in [0.25, 0.3) is 5.56 Å². The highest BCUT2D eigenvalue weighted by atomic mass is 32.2. The van der Waals surface area contributed by atoms with Gasteiger partial charge in [-0.1, -0.05) is 72.0 Å². The molecule has 13 heteroatoms. The van der Waals surface area contributed by atoms with Crippen molar-refractivity contribution in [1.29, 1.82) is 0 Å². The highest BCUT2D eigenvalue weighted by Gasteiger charge is 2.35. The van der Waals surface area contributed by atoms with Crippen LogP contribution in [0.5, 0.6) is 0 Å². The molecule has 0 saturated heterocycles. The normalized spacial score (nSPS) is 15.1. The average Bonchev–Trinajstić information content (AvgIpc) is 3.59. The molecular formula is C32H23F3N4O4S2. The minimum absolute atomic E-state index is 0.124. The second-order valence-electron chi connectivity index (χ2n) is 9.76. The number of alkyl halides is 3. The molecular weight excluding hydrogens is 626 g/mol. The lowest BCUT2D eigenvalue weighted by molar-refractivity contribution is -0.141. The maximum atomic E-state index is 13.8. The fraction of sp³-hybridized carbons (Fsp3) is 0.156. The van der Waals surface area contributed by atoms with Crippen LogP contribution in [0.2, 0.25) is 0 Å². The van der Waals surface area contributed by atoms with E-state index < -0.39 is 23.9 Å². The van der Waals surface area contributed by atoms with Crippen molar-refractivity contribution >= 4 is 35.1 Å². The van der Waals surface area contributed by atoms with E-state index in [4.69, 9.17) is 9.15 Å². The Labute approximate surface area is 262 Å². The highest BCUT2D eigenvalue weighted by Crippen LogP contribution is 2.35. The van der Waals surface area contributed by atoms with Gasteiger partial charge in [-0.05, 0) is 49.4 Å². The number of ether oxygens (including phenoxy) is 1. The maximum absolute atomic E-state index is 13.8. The van der Waals surface area contributed by atoms with Crippen molar-refractivity contribution in [3.8, 4) is 11.3 Å². The van der Waals surface area contributed by atoms with E-state index in [1.807, 2.05) is 30.3 Å². The number of rotatable bonds is 7. The van der Waals surface area contributed by atoms with Crippen LogP contribution in [0.1, 0.15) is 36.9 Å². The zero-order chi connectivity index (χ0) is 31.7. The van der Waals surface area contributed by atoms with Crippen LogP contribution in [-0.4, -0.2) is 27.1 Å². The quantitative estimate of drug-likeness (QED) is 0.157. The van der Waals surface area contributed by atoms with Crippen molar-refractivity contribution in [2.75, 3.05) is 6.61 Å². The Bertz CT molecular complexity index is 2100. The number of allylic oxidation sites excluding steroid dienone is 1. The standard InChI is InChI=1S/C32H23F3N4O4S2/c1-3-42-29(41)26-18(2)36-31-39(27(26)20-12-8-5-9-13-20)28(40)23(44-31)16-21-14-15-25(43-21)45-30-37-22(19-10-6-4-7-11-19)17-24(38-30)32(33,34)35/h4-17,27H,3H2,1-2H3/b23-16+/t27-/m1/s1.